The van der Waals surface area contributed by atoms with E-state index in [9.17, 15) is 4.79 Å². The van der Waals surface area contributed by atoms with Crippen LogP contribution in [0.25, 0.3) is 0 Å². The van der Waals surface area contributed by atoms with E-state index >= 15 is 0 Å². The predicted octanol–water partition coefficient (Wildman–Crippen LogP) is 7.58. The highest BCUT2D eigenvalue weighted by Crippen LogP contribution is 2.63. The first-order valence-corrected chi connectivity index (χ1v) is 21.1. The number of amides is 1. The van der Waals surface area contributed by atoms with Crippen LogP contribution in [-0.2, 0) is 43.3 Å². The molecule has 11 fully saturated rings. The molecule has 3 aliphatic carbocycles. The van der Waals surface area contributed by atoms with Crippen LogP contribution in [-0.4, -0.2) is 60.0 Å². The first-order chi connectivity index (χ1) is 24.4. The van der Waals surface area contributed by atoms with Crippen molar-refractivity contribution in [1.82, 2.24) is 5.32 Å². The van der Waals surface area contributed by atoms with Crippen molar-refractivity contribution in [2.75, 3.05) is 6.54 Å². The number of rotatable bonds is 7. The Labute approximate surface area is 305 Å². The molecule has 288 valence electrons. The minimum atomic E-state index is -0.823. The van der Waals surface area contributed by atoms with Crippen molar-refractivity contribution in [3.63, 3.8) is 0 Å². The molecule has 0 aromatic carbocycles. The molecule has 0 radical (unpaired) electrons. The minimum absolute atomic E-state index is 0.128. The monoisotopic (exact) mass is 715 g/mol. The zero-order chi connectivity index (χ0) is 35.3. The largest absolute Gasteiger partial charge is 0.356 e. The van der Waals surface area contributed by atoms with Gasteiger partial charge in [-0.15, -0.1) is 0 Å². The van der Waals surface area contributed by atoms with Gasteiger partial charge in [-0.3, -0.25) is 4.79 Å². The van der Waals surface area contributed by atoms with Crippen LogP contribution in [0.4, 0.5) is 0 Å². The molecule has 51 heavy (non-hydrogen) atoms. The number of hydrogen-bond acceptors (Lipinski definition) is 9. The molecule has 10 heteroatoms. The van der Waals surface area contributed by atoms with E-state index in [1.807, 2.05) is 13.8 Å². The fourth-order valence-electron chi connectivity index (χ4n) is 13.1. The lowest BCUT2D eigenvalue weighted by atomic mass is 9.56. The molecule has 8 heterocycles. The zero-order valence-corrected chi connectivity index (χ0v) is 32.1. The van der Waals surface area contributed by atoms with Crippen LogP contribution in [0.2, 0.25) is 0 Å². The van der Waals surface area contributed by atoms with Crippen molar-refractivity contribution in [1.29, 1.82) is 0 Å². The second-order valence-corrected chi connectivity index (χ2v) is 19.3. The van der Waals surface area contributed by atoms with Gasteiger partial charge in [-0.1, -0.05) is 47.0 Å². The summed E-state index contributed by atoms with van der Waals surface area (Å²) in [6.07, 6.45) is 14.1. The van der Waals surface area contributed by atoms with Crippen molar-refractivity contribution in [3.05, 3.63) is 0 Å². The van der Waals surface area contributed by atoms with Crippen LogP contribution in [0.3, 0.4) is 0 Å². The summed E-state index contributed by atoms with van der Waals surface area (Å²) >= 11 is 0. The SMILES string of the molecule is C[C@H]1[C@@H](CC(C[C@H]2O[C@@H]3O[C@@]4(C)CC[C@H]5[C@H](C)CC[C@@H]([C@H]2C)[C@@]35OO4)C(=O)NCC2CCCCC2)O[C@@H]2O[C@@]3(C)CC[C@H]4[C@H](C)CC[C@@H]1[C@@]24OO3. The van der Waals surface area contributed by atoms with E-state index < -0.39 is 35.4 Å². The van der Waals surface area contributed by atoms with Crippen molar-refractivity contribution in [2.24, 2.45) is 59.2 Å². The van der Waals surface area contributed by atoms with E-state index in [0.717, 1.165) is 57.9 Å². The van der Waals surface area contributed by atoms with Gasteiger partial charge in [0.05, 0.1) is 12.2 Å². The fourth-order valence-corrected chi connectivity index (χ4v) is 13.1. The van der Waals surface area contributed by atoms with Gasteiger partial charge in [-0.25, -0.2) is 19.6 Å². The Bertz CT molecular complexity index is 1230. The summed E-state index contributed by atoms with van der Waals surface area (Å²) in [4.78, 5) is 39.6. The van der Waals surface area contributed by atoms with E-state index in [2.05, 4.69) is 33.0 Å². The molecule has 0 unspecified atom stereocenters. The number of fused-ring (bicyclic) bond motifs is 4. The van der Waals surface area contributed by atoms with Gasteiger partial charge in [0.1, 0.15) is 0 Å². The van der Waals surface area contributed by atoms with E-state index in [1.165, 1.54) is 32.1 Å². The quantitative estimate of drug-likeness (QED) is 0.267. The van der Waals surface area contributed by atoms with Gasteiger partial charge in [0.25, 0.3) is 0 Å². The Hall–Kier alpha value is -0.850. The molecule has 4 bridgehead atoms. The molecule has 0 aromatic rings. The highest BCUT2D eigenvalue weighted by Gasteiger charge is 2.71. The predicted molar refractivity (Wildman–Crippen MR) is 186 cm³/mol. The molecule has 8 aliphatic heterocycles. The molecule has 8 saturated heterocycles. The Morgan fingerprint density at radius 3 is 1.61 bits per heavy atom. The average Bonchev–Trinajstić information content (AvgIpc) is 3.49. The van der Waals surface area contributed by atoms with Crippen molar-refractivity contribution < 1.29 is 43.3 Å². The topological polar surface area (TPSA) is 103 Å². The normalized spacial score (nSPS) is 54.1. The summed E-state index contributed by atoms with van der Waals surface area (Å²) in [6, 6.07) is 0. The molecule has 3 saturated carbocycles. The summed E-state index contributed by atoms with van der Waals surface area (Å²) in [7, 11) is 0. The van der Waals surface area contributed by atoms with E-state index in [4.69, 9.17) is 38.5 Å². The maximum absolute atomic E-state index is 14.5. The fraction of sp³-hybridized carbons (Fsp3) is 0.976. The minimum Gasteiger partial charge on any atom is -0.356 e. The van der Waals surface area contributed by atoms with Gasteiger partial charge in [-0.2, -0.15) is 0 Å². The lowest BCUT2D eigenvalue weighted by Gasteiger charge is -2.61. The first kappa shape index (κ1) is 35.8. The highest BCUT2D eigenvalue weighted by molar-refractivity contribution is 5.78. The van der Waals surface area contributed by atoms with Crippen molar-refractivity contribution in [2.45, 2.75) is 185 Å². The summed E-state index contributed by atoms with van der Waals surface area (Å²) in [5, 5.41) is 3.45. The van der Waals surface area contributed by atoms with Crippen LogP contribution in [0.5, 0.6) is 0 Å². The number of nitrogens with one attached hydrogen (secondary N) is 1. The number of carbonyl (C=O) groups is 1. The molecule has 10 nitrogen and oxygen atoms in total. The molecule has 0 aromatic heterocycles. The molecular formula is C41H65NO9. The molecule has 1 N–H and O–H groups in total. The summed E-state index contributed by atoms with van der Waals surface area (Å²) < 4.78 is 27.6. The molecule has 11 aliphatic rings. The van der Waals surface area contributed by atoms with Gasteiger partial charge in [0.2, 0.25) is 17.5 Å². The third-order valence-electron chi connectivity index (χ3n) is 16.3. The molecule has 2 spiro atoms. The standard InChI is InChI=1S/C41H65NO9/c1-23-12-14-31-25(3)33(44-36-40(31)29(23)16-18-38(5,46-36)48-50-40)20-28(35(43)42-22-27-10-8-7-9-11-27)21-34-26(4)32-15-13-24(2)30-17-19-39(6)47-37(45-34)41(30,32)51-49-39/h23-34,36-37H,7-22H2,1-6H3,(H,42,43)/t23-,24-,25-,26-,29+,30+,31+,32+,33-,34-,36-,37-,38-,39-,40-,41-/m1/s1. The van der Waals surface area contributed by atoms with E-state index in [-0.39, 0.29) is 47.7 Å². The maximum atomic E-state index is 14.5. The van der Waals surface area contributed by atoms with E-state index in [0.29, 0.717) is 42.4 Å². The Morgan fingerprint density at radius 2 is 1.12 bits per heavy atom. The van der Waals surface area contributed by atoms with E-state index in [1.54, 1.807) is 0 Å². The summed E-state index contributed by atoms with van der Waals surface area (Å²) in [5.41, 5.74) is -1.22. The van der Waals surface area contributed by atoms with Gasteiger partial charge in [-0.05, 0) is 119 Å². The molecule has 1 amide bonds. The Morgan fingerprint density at radius 1 is 0.627 bits per heavy atom. The Balaban J connectivity index is 0.991. The van der Waals surface area contributed by atoms with Crippen molar-refractivity contribution >= 4 is 5.91 Å². The van der Waals surface area contributed by atoms with Crippen LogP contribution in [0.1, 0.15) is 138 Å². The lowest BCUT2D eigenvalue weighted by molar-refractivity contribution is -0.571. The second-order valence-electron chi connectivity index (χ2n) is 19.3. The maximum Gasteiger partial charge on any atom is 0.223 e. The first-order valence-electron chi connectivity index (χ1n) is 21.1. The smallest absolute Gasteiger partial charge is 0.223 e. The van der Waals surface area contributed by atoms with Crippen LogP contribution >= 0.6 is 0 Å². The number of ether oxygens (including phenoxy) is 4. The lowest BCUT2D eigenvalue weighted by Crippen LogP contribution is -2.70. The zero-order valence-electron chi connectivity index (χ0n) is 32.1. The average molecular weight is 716 g/mol. The van der Waals surface area contributed by atoms with Crippen LogP contribution < -0.4 is 5.32 Å². The molecule has 11 rings (SSSR count). The summed E-state index contributed by atoms with van der Waals surface area (Å²) in [5.74, 6) is 1.24. The highest BCUT2D eigenvalue weighted by atomic mass is 17.3. The third-order valence-corrected chi connectivity index (χ3v) is 16.3. The van der Waals surface area contributed by atoms with Crippen molar-refractivity contribution in [3.8, 4) is 0 Å². The van der Waals surface area contributed by atoms with Gasteiger partial charge in [0.15, 0.2) is 23.8 Å². The summed E-state index contributed by atoms with van der Waals surface area (Å²) in [6.45, 7) is 14.0. The van der Waals surface area contributed by atoms with Gasteiger partial charge in [0, 0.05) is 37.1 Å². The third kappa shape index (κ3) is 5.73. The van der Waals surface area contributed by atoms with Gasteiger partial charge >= 0.3 is 0 Å². The molecular weight excluding hydrogens is 650 g/mol. The Kier molecular flexibility index (Phi) is 9.23. The number of hydrogen-bond donors (Lipinski definition) is 1. The van der Waals surface area contributed by atoms with Crippen LogP contribution in [0, 0.1) is 59.2 Å². The molecule has 16 atom stereocenters. The van der Waals surface area contributed by atoms with Gasteiger partial charge < -0.3 is 24.3 Å². The van der Waals surface area contributed by atoms with Crippen LogP contribution in [0.15, 0.2) is 0 Å². The number of carbonyl (C=O) groups excluding carboxylic acids is 1. The second kappa shape index (κ2) is 13.1.